The summed E-state index contributed by atoms with van der Waals surface area (Å²) in [6, 6.07) is 13.8. The first-order valence-corrected chi connectivity index (χ1v) is 6.32. The molecule has 0 aromatic heterocycles. The van der Waals surface area contributed by atoms with E-state index in [0.717, 1.165) is 0 Å². The number of para-hydroxylation sites is 1. The molecule has 1 amide bonds. The maximum atomic E-state index is 12.1. The van der Waals surface area contributed by atoms with Gasteiger partial charge in [-0.2, -0.15) is 0 Å². The van der Waals surface area contributed by atoms with Gasteiger partial charge in [0.05, 0.1) is 5.69 Å². The Morgan fingerprint density at radius 1 is 1.16 bits per heavy atom. The minimum Gasteiger partial charge on any atom is -0.389 e. The Kier molecular flexibility index (Phi) is 4.14. The van der Waals surface area contributed by atoms with Crippen LogP contribution in [0.2, 0.25) is 5.02 Å². The molecule has 0 radical (unpaired) electrons. The zero-order chi connectivity index (χ0) is 13.8. The first-order valence-electron chi connectivity index (χ1n) is 5.53. The Labute approximate surface area is 121 Å². The molecule has 2 aromatic rings. The maximum Gasteiger partial charge on any atom is 0.255 e. The predicted octanol–water partition coefficient (Wildman–Crippen LogP) is 3.23. The molecular weight excluding hydrogens is 280 g/mol. The van der Waals surface area contributed by atoms with E-state index in [9.17, 15) is 4.79 Å². The number of nitrogens with one attached hydrogen (secondary N) is 1. The fourth-order valence-electron chi connectivity index (χ4n) is 1.63. The molecule has 2 aromatic carbocycles. The fraction of sp³-hybridized carbons (Fsp3) is 0. The highest BCUT2D eigenvalue weighted by atomic mass is 35.5. The molecule has 0 heterocycles. The van der Waals surface area contributed by atoms with Crippen LogP contribution in [0.1, 0.15) is 15.9 Å². The summed E-state index contributed by atoms with van der Waals surface area (Å²) in [5.41, 5.74) is 7.30. The van der Waals surface area contributed by atoms with Crippen molar-refractivity contribution in [1.82, 2.24) is 0 Å². The van der Waals surface area contributed by atoms with E-state index in [1.54, 1.807) is 42.5 Å². The lowest BCUT2D eigenvalue weighted by Crippen LogP contribution is -2.17. The zero-order valence-electron chi connectivity index (χ0n) is 9.89. The Morgan fingerprint density at radius 3 is 2.58 bits per heavy atom. The molecule has 0 atom stereocenters. The van der Waals surface area contributed by atoms with Crippen molar-refractivity contribution in [2.24, 2.45) is 5.73 Å². The molecule has 0 aliphatic carbocycles. The Bertz CT molecular complexity index is 643. The quantitative estimate of drug-likeness (QED) is 0.853. The average molecular weight is 291 g/mol. The third-order valence-corrected chi connectivity index (χ3v) is 2.98. The molecule has 0 aliphatic rings. The summed E-state index contributed by atoms with van der Waals surface area (Å²) < 4.78 is 0. The van der Waals surface area contributed by atoms with E-state index in [2.05, 4.69) is 5.32 Å². The number of rotatable bonds is 3. The molecule has 3 nitrogen and oxygen atoms in total. The molecule has 0 saturated carbocycles. The molecule has 0 spiro atoms. The topological polar surface area (TPSA) is 55.1 Å². The zero-order valence-corrected chi connectivity index (χ0v) is 11.5. The van der Waals surface area contributed by atoms with Crippen molar-refractivity contribution in [3.05, 3.63) is 64.7 Å². The van der Waals surface area contributed by atoms with Gasteiger partial charge in [0.25, 0.3) is 5.91 Å². The SMILES string of the molecule is NC(=S)c1ccccc1NC(=O)c1cccc(Cl)c1. The third-order valence-electron chi connectivity index (χ3n) is 2.53. The van der Waals surface area contributed by atoms with Gasteiger partial charge in [0, 0.05) is 16.1 Å². The summed E-state index contributed by atoms with van der Waals surface area (Å²) in [5, 5.41) is 3.28. The monoisotopic (exact) mass is 290 g/mol. The molecule has 2 rings (SSSR count). The highest BCUT2D eigenvalue weighted by Gasteiger charge is 2.10. The largest absolute Gasteiger partial charge is 0.389 e. The molecule has 5 heteroatoms. The van der Waals surface area contributed by atoms with E-state index in [0.29, 0.717) is 21.8 Å². The van der Waals surface area contributed by atoms with Gasteiger partial charge in [-0.25, -0.2) is 0 Å². The number of hydrogen-bond donors (Lipinski definition) is 2. The van der Waals surface area contributed by atoms with E-state index in [1.165, 1.54) is 0 Å². The first-order chi connectivity index (χ1) is 9.08. The summed E-state index contributed by atoms with van der Waals surface area (Å²) in [7, 11) is 0. The number of thiocarbonyl (C=S) groups is 1. The fourth-order valence-corrected chi connectivity index (χ4v) is 2.00. The molecular formula is C14H11ClN2OS. The second kappa shape index (κ2) is 5.82. The van der Waals surface area contributed by atoms with Crippen LogP contribution in [0.4, 0.5) is 5.69 Å². The average Bonchev–Trinajstić information content (AvgIpc) is 2.39. The van der Waals surface area contributed by atoms with Crippen LogP contribution in [0.25, 0.3) is 0 Å². The van der Waals surface area contributed by atoms with Crippen molar-refractivity contribution in [3.8, 4) is 0 Å². The van der Waals surface area contributed by atoms with Crippen molar-refractivity contribution < 1.29 is 4.79 Å². The Hall–Kier alpha value is -1.91. The number of nitrogens with two attached hydrogens (primary N) is 1. The van der Waals surface area contributed by atoms with Crippen LogP contribution in [0, 0.1) is 0 Å². The van der Waals surface area contributed by atoms with Gasteiger partial charge in [-0.3, -0.25) is 4.79 Å². The van der Waals surface area contributed by atoms with E-state index in [1.807, 2.05) is 6.07 Å². The van der Waals surface area contributed by atoms with Crippen molar-refractivity contribution in [2.75, 3.05) is 5.32 Å². The number of anilines is 1. The molecule has 0 saturated heterocycles. The molecule has 0 unspecified atom stereocenters. The van der Waals surface area contributed by atoms with Crippen molar-refractivity contribution >= 4 is 40.4 Å². The van der Waals surface area contributed by atoms with Crippen molar-refractivity contribution in [1.29, 1.82) is 0 Å². The van der Waals surface area contributed by atoms with Gasteiger partial charge in [-0.1, -0.05) is 42.0 Å². The van der Waals surface area contributed by atoms with Crippen molar-refractivity contribution in [3.63, 3.8) is 0 Å². The van der Waals surface area contributed by atoms with Crippen molar-refractivity contribution in [2.45, 2.75) is 0 Å². The highest BCUT2D eigenvalue weighted by molar-refractivity contribution is 7.80. The lowest BCUT2D eigenvalue weighted by atomic mass is 10.1. The van der Waals surface area contributed by atoms with Gasteiger partial charge in [0.15, 0.2) is 0 Å². The number of amides is 1. The Balaban J connectivity index is 2.27. The number of carbonyl (C=O) groups is 1. The summed E-state index contributed by atoms with van der Waals surface area (Å²) in [6.07, 6.45) is 0. The normalized spacial score (nSPS) is 9.95. The van der Waals surface area contributed by atoms with Gasteiger partial charge in [0.1, 0.15) is 4.99 Å². The van der Waals surface area contributed by atoms with Crippen LogP contribution in [0.15, 0.2) is 48.5 Å². The molecule has 0 bridgehead atoms. The van der Waals surface area contributed by atoms with E-state index < -0.39 is 0 Å². The minimum absolute atomic E-state index is 0.238. The van der Waals surface area contributed by atoms with Gasteiger partial charge in [-0.05, 0) is 30.3 Å². The number of carbonyl (C=O) groups excluding carboxylic acids is 1. The summed E-state index contributed by atoms with van der Waals surface area (Å²) >= 11 is 10.8. The van der Waals surface area contributed by atoms with Crippen LogP contribution in [-0.4, -0.2) is 10.9 Å². The molecule has 96 valence electrons. The van der Waals surface area contributed by atoms with Crippen LogP contribution in [0.3, 0.4) is 0 Å². The van der Waals surface area contributed by atoms with Crippen LogP contribution >= 0.6 is 23.8 Å². The van der Waals surface area contributed by atoms with Crippen LogP contribution < -0.4 is 11.1 Å². The number of halogens is 1. The van der Waals surface area contributed by atoms with E-state index >= 15 is 0 Å². The minimum atomic E-state index is -0.258. The first kappa shape index (κ1) is 13.5. The summed E-state index contributed by atoms with van der Waals surface area (Å²) in [4.78, 5) is 12.3. The molecule has 0 aliphatic heterocycles. The lowest BCUT2D eigenvalue weighted by Gasteiger charge is -2.10. The standard InChI is InChI=1S/C14H11ClN2OS/c15-10-5-3-4-9(8-10)14(18)17-12-7-2-1-6-11(12)13(16)19/h1-8H,(H2,16,19)(H,17,18). The highest BCUT2D eigenvalue weighted by Crippen LogP contribution is 2.17. The van der Waals surface area contributed by atoms with Gasteiger partial charge >= 0.3 is 0 Å². The van der Waals surface area contributed by atoms with Gasteiger partial charge < -0.3 is 11.1 Å². The lowest BCUT2D eigenvalue weighted by molar-refractivity contribution is 0.102. The number of benzene rings is 2. The van der Waals surface area contributed by atoms with Crippen LogP contribution in [-0.2, 0) is 0 Å². The summed E-state index contributed by atoms with van der Waals surface area (Å²) in [5.74, 6) is -0.258. The maximum absolute atomic E-state index is 12.1. The van der Waals surface area contributed by atoms with E-state index in [4.69, 9.17) is 29.6 Å². The molecule has 3 N–H and O–H groups in total. The summed E-state index contributed by atoms with van der Waals surface area (Å²) in [6.45, 7) is 0. The second-order valence-corrected chi connectivity index (χ2v) is 4.75. The molecule has 19 heavy (non-hydrogen) atoms. The smallest absolute Gasteiger partial charge is 0.255 e. The second-order valence-electron chi connectivity index (χ2n) is 3.87. The Morgan fingerprint density at radius 2 is 1.89 bits per heavy atom. The van der Waals surface area contributed by atoms with Gasteiger partial charge in [-0.15, -0.1) is 0 Å². The van der Waals surface area contributed by atoms with E-state index in [-0.39, 0.29) is 10.9 Å². The van der Waals surface area contributed by atoms with Gasteiger partial charge in [0.2, 0.25) is 0 Å². The van der Waals surface area contributed by atoms with Crippen LogP contribution in [0.5, 0.6) is 0 Å². The predicted molar refractivity (Wildman–Crippen MR) is 81.7 cm³/mol. The molecule has 0 fully saturated rings. The third kappa shape index (κ3) is 3.30. The number of hydrogen-bond acceptors (Lipinski definition) is 2.